The highest BCUT2D eigenvalue weighted by atomic mass is 19.2. The summed E-state index contributed by atoms with van der Waals surface area (Å²) in [6.45, 7) is 5.97. The van der Waals surface area contributed by atoms with E-state index < -0.39 is 17.7 Å². The van der Waals surface area contributed by atoms with Crippen LogP contribution >= 0.6 is 0 Å². The summed E-state index contributed by atoms with van der Waals surface area (Å²) in [4.78, 5) is 0. The molecule has 0 bridgehead atoms. The molecule has 0 spiro atoms. The van der Waals surface area contributed by atoms with Crippen molar-refractivity contribution in [2.45, 2.75) is 83.0 Å². The van der Waals surface area contributed by atoms with Gasteiger partial charge < -0.3 is 14.6 Å². The van der Waals surface area contributed by atoms with Gasteiger partial charge in [0.05, 0.1) is 25.4 Å². The minimum atomic E-state index is -1.01. The third kappa shape index (κ3) is 6.86. The van der Waals surface area contributed by atoms with Gasteiger partial charge in [-0.3, -0.25) is 0 Å². The lowest BCUT2D eigenvalue weighted by Crippen LogP contribution is -2.21. The van der Waals surface area contributed by atoms with E-state index in [0.29, 0.717) is 19.4 Å². The molecule has 0 saturated heterocycles. The second-order valence-electron chi connectivity index (χ2n) is 9.00. The maximum absolute atomic E-state index is 14.5. The molecule has 34 heavy (non-hydrogen) atoms. The number of aliphatic hydroxyl groups excluding tert-OH is 1. The normalized spacial score (nSPS) is 19.1. The molecule has 0 aliphatic heterocycles. The molecule has 6 heteroatoms. The molecule has 3 nitrogen and oxygen atoms in total. The molecule has 2 aromatic carbocycles. The zero-order chi connectivity index (χ0) is 24.5. The number of hydrogen-bond donors (Lipinski definition) is 1. The summed E-state index contributed by atoms with van der Waals surface area (Å²) < 4.78 is 54.7. The predicted octanol–water partition coefficient (Wildman–Crippen LogP) is 7.53. The Kier molecular flexibility index (Phi) is 10.0. The van der Waals surface area contributed by atoms with Gasteiger partial charge in [0.2, 0.25) is 0 Å². The fraction of sp³-hybridized carbons (Fsp3) is 0.500. The molecule has 1 saturated carbocycles. The van der Waals surface area contributed by atoms with Gasteiger partial charge in [0.1, 0.15) is 0 Å². The van der Waals surface area contributed by atoms with Gasteiger partial charge in [0.25, 0.3) is 0 Å². The van der Waals surface area contributed by atoms with Crippen LogP contribution in [-0.2, 0) is 11.3 Å². The highest BCUT2D eigenvalue weighted by Crippen LogP contribution is 2.36. The van der Waals surface area contributed by atoms with Crippen LogP contribution in [0.5, 0.6) is 5.75 Å². The van der Waals surface area contributed by atoms with E-state index >= 15 is 0 Å². The molecule has 0 heterocycles. The second-order valence-corrected chi connectivity index (χ2v) is 9.00. The van der Waals surface area contributed by atoms with Crippen molar-refractivity contribution < 1.29 is 27.8 Å². The molecule has 1 N–H and O–H groups in total. The zero-order valence-electron chi connectivity index (χ0n) is 19.9. The van der Waals surface area contributed by atoms with Crippen LogP contribution in [0.25, 0.3) is 0 Å². The monoisotopic (exact) mass is 476 g/mol. The van der Waals surface area contributed by atoms with Gasteiger partial charge in [-0.15, -0.1) is 6.58 Å². The SMILES string of the molecule is C=CCCCOc1ccc(C2CCC(OCc3ccc(C(O)CCC)c(F)c3F)CC2)cc1F. The zero-order valence-corrected chi connectivity index (χ0v) is 19.9. The van der Waals surface area contributed by atoms with Crippen LogP contribution in [0.2, 0.25) is 0 Å². The Morgan fingerprint density at radius 3 is 2.53 bits per heavy atom. The summed E-state index contributed by atoms with van der Waals surface area (Å²) in [5.41, 5.74) is 1.09. The summed E-state index contributed by atoms with van der Waals surface area (Å²) >= 11 is 0. The fourth-order valence-electron chi connectivity index (χ4n) is 4.47. The molecule has 0 aromatic heterocycles. The Labute approximate surface area is 200 Å². The second kappa shape index (κ2) is 13.0. The van der Waals surface area contributed by atoms with Crippen LogP contribution in [0.4, 0.5) is 13.2 Å². The summed E-state index contributed by atoms with van der Waals surface area (Å²) in [5.74, 6) is -1.80. The van der Waals surface area contributed by atoms with Crippen molar-refractivity contribution in [3.05, 3.63) is 77.1 Å². The third-order valence-corrected chi connectivity index (χ3v) is 6.50. The lowest BCUT2D eigenvalue weighted by Gasteiger charge is -2.29. The Hall–Kier alpha value is -2.31. The van der Waals surface area contributed by atoms with E-state index in [1.807, 2.05) is 19.1 Å². The average molecular weight is 477 g/mol. The Balaban J connectivity index is 1.49. The molecule has 1 aliphatic carbocycles. The molecular weight excluding hydrogens is 441 g/mol. The number of hydrogen-bond acceptors (Lipinski definition) is 3. The van der Waals surface area contributed by atoms with Crippen molar-refractivity contribution in [3.63, 3.8) is 0 Å². The first kappa shape index (κ1) is 26.3. The fourth-order valence-corrected chi connectivity index (χ4v) is 4.47. The summed E-state index contributed by atoms with van der Waals surface area (Å²) in [5, 5.41) is 9.99. The maximum Gasteiger partial charge on any atom is 0.165 e. The smallest absolute Gasteiger partial charge is 0.165 e. The van der Waals surface area contributed by atoms with Crippen LogP contribution in [0.1, 0.15) is 87.0 Å². The highest BCUT2D eigenvalue weighted by molar-refractivity contribution is 5.32. The topological polar surface area (TPSA) is 38.7 Å². The molecule has 1 atom stereocenters. The number of aliphatic hydroxyl groups is 1. The predicted molar refractivity (Wildman–Crippen MR) is 127 cm³/mol. The van der Waals surface area contributed by atoms with E-state index in [2.05, 4.69) is 6.58 Å². The van der Waals surface area contributed by atoms with Gasteiger partial charge in [0, 0.05) is 11.1 Å². The van der Waals surface area contributed by atoms with Gasteiger partial charge in [-0.25, -0.2) is 13.2 Å². The van der Waals surface area contributed by atoms with Gasteiger partial charge >= 0.3 is 0 Å². The number of benzene rings is 2. The molecule has 1 fully saturated rings. The van der Waals surface area contributed by atoms with E-state index in [4.69, 9.17) is 9.47 Å². The van der Waals surface area contributed by atoms with Crippen molar-refractivity contribution in [1.82, 2.24) is 0 Å². The van der Waals surface area contributed by atoms with Crippen molar-refractivity contribution in [2.24, 2.45) is 0 Å². The summed E-state index contributed by atoms with van der Waals surface area (Å²) in [6, 6.07) is 8.10. The van der Waals surface area contributed by atoms with Gasteiger partial charge in [-0.2, -0.15) is 0 Å². The molecular formula is C28H35F3O3. The van der Waals surface area contributed by atoms with Crippen molar-refractivity contribution in [2.75, 3.05) is 6.61 Å². The molecule has 3 rings (SSSR count). The number of unbranched alkanes of at least 4 members (excludes halogenated alkanes) is 1. The molecule has 2 aromatic rings. The van der Waals surface area contributed by atoms with Gasteiger partial charge in [-0.1, -0.05) is 37.6 Å². The van der Waals surface area contributed by atoms with Crippen molar-refractivity contribution in [3.8, 4) is 5.75 Å². The first-order valence-corrected chi connectivity index (χ1v) is 12.2. The average Bonchev–Trinajstić information content (AvgIpc) is 2.84. The summed E-state index contributed by atoms with van der Waals surface area (Å²) in [7, 11) is 0. The quantitative estimate of drug-likeness (QED) is 0.254. The Morgan fingerprint density at radius 2 is 1.85 bits per heavy atom. The lowest BCUT2D eigenvalue weighted by atomic mass is 9.82. The van der Waals surface area contributed by atoms with E-state index in [-0.39, 0.29) is 41.3 Å². The minimum Gasteiger partial charge on any atom is -0.491 e. The Bertz CT molecular complexity index is 939. The molecule has 0 amide bonds. The molecule has 186 valence electrons. The van der Waals surface area contributed by atoms with E-state index in [9.17, 15) is 18.3 Å². The van der Waals surface area contributed by atoms with Crippen molar-refractivity contribution >= 4 is 0 Å². The van der Waals surface area contributed by atoms with Crippen LogP contribution in [0, 0.1) is 17.5 Å². The third-order valence-electron chi connectivity index (χ3n) is 6.50. The van der Waals surface area contributed by atoms with Crippen LogP contribution in [-0.4, -0.2) is 17.8 Å². The van der Waals surface area contributed by atoms with Crippen LogP contribution < -0.4 is 4.74 Å². The van der Waals surface area contributed by atoms with E-state index in [1.54, 1.807) is 12.1 Å². The first-order chi connectivity index (χ1) is 16.4. The highest BCUT2D eigenvalue weighted by Gasteiger charge is 2.25. The standard InChI is InChI=1S/C28H35F3O3/c1-3-5-6-16-33-26-15-11-20(17-24(26)29)19-8-12-22(13-9-19)34-18-21-10-14-23(25(32)7-4-2)28(31)27(21)30/h3,10-11,14-15,17,19,22,25,32H,1,4-9,12-13,16,18H2,2H3. The first-order valence-electron chi connectivity index (χ1n) is 12.2. The van der Waals surface area contributed by atoms with Gasteiger partial charge in [0.15, 0.2) is 23.2 Å². The largest absolute Gasteiger partial charge is 0.491 e. The number of rotatable bonds is 12. The lowest BCUT2D eigenvalue weighted by molar-refractivity contribution is 0.0118. The molecule has 1 unspecified atom stereocenters. The van der Waals surface area contributed by atoms with Gasteiger partial charge in [-0.05, 0) is 68.6 Å². The van der Waals surface area contributed by atoms with E-state index in [0.717, 1.165) is 44.1 Å². The number of ether oxygens (including phenoxy) is 2. The molecule has 0 radical (unpaired) electrons. The van der Waals surface area contributed by atoms with Crippen LogP contribution in [0.3, 0.4) is 0 Å². The summed E-state index contributed by atoms with van der Waals surface area (Å²) in [6.07, 6.45) is 6.65. The van der Waals surface area contributed by atoms with Crippen molar-refractivity contribution in [1.29, 1.82) is 0 Å². The maximum atomic E-state index is 14.5. The number of halogens is 3. The number of allylic oxidation sites excluding steroid dienone is 1. The van der Waals surface area contributed by atoms with E-state index in [1.165, 1.54) is 12.1 Å². The molecule has 1 aliphatic rings. The Morgan fingerprint density at radius 1 is 1.09 bits per heavy atom. The minimum absolute atomic E-state index is 0.0102. The van der Waals surface area contributed by atoms with Crippen LogP contribution in [0.15, 0.2) is 43.0 Å².